The van der Waals surface area contributed by atoms with E-state index in [1.54, 1.807) is 30.3 Å². The minimum absolute atomic E-state index is 0.0862. The Morgan fingerprint density at radius 1 is 1.23 bits per heavy atom. The summed E-state index contributed by atoms with van der Waals surface area (Å²) in [5.74, 6) is -0.781. The lowest BCUT2D eigenvalue weighted by Gasteiger charge is -2.17. The van der Waals surface area contributed by atoms with Gasteiger partial charge in [0.15, 0.2) is 0 Å². The highest BCUT2D eigenvalue weighted by Crippen LogP contribution is 2.37. The molecule has 6 heteroatoms. The number of halogens is 1. The van der Waals surface area contributed by atoms with Crippen LogP contribution >= 0.6 is 0 Å². The quantitative estimate of drug-likeness (QED) is 0.646. The van der Waals surface area contributed by atoms with E-state index in [1.165, 1.54) is 17.0 Å². The molecule has 0 aromatic heterocycles. The molecule has 0 aliphatic carbocycles. The molecule has 2 aromatic carbocycles. The summed E-state index contributed by atoms with van der Waals surface area (Å²) in [6.45, 7) is 0.382. The number of anilines is 1. The SMILES string of the molecule is O=C(Cc1ccccc1F)N1CCc2cccc([N+](=O)[O-])c21. The third-order valence-electron chi connectivity index (χ3n) is 3.77. The van der Waals surface area contributed by atoms with Gasteiger partial charge in [-0.25, -0.2) is 4.39 Å². The largest absolute Gasteiger partial charge is 0.306 e. The van der Waals surface area contributed by atoms with Gasteiger partial charge in [0, 0.05) is 12.6 Å². The molecule has 0 atom stereocenters. The van der Waals surface area contributed by atoms with Gasteiger partial charge in [0.2, 0.25) is 5.91 Å². The first-order valence-electron chi connectivity index (χ1n) is 6.88. The summed E-state index contributed by atoms with van der Waals surface area (Å²) in [5.41, 5.74) is 1.32. The van der Waals surface area contributed by atoms with E-state index < -0.39 is 10.7 Å². The van der Waals surface area contributed by atoms with Crippen LogP contribution in [0.5, 0.6) is 0 Å². The van der Waals surface area contributed by atoms with Gasteiger partial charge in [-0.3, -0.25) is 14.9 Å². The molecule has 0 bridgehead atoms. The van der Waals surface area contributed by atoms with Gasteiger partial charge in [-0.1, -0.05) is 30.3 Å². The number of nitro groups is 1. The van der Waals surface area contributed by atoms with E-state index in [-0.39, 0.29) is 18.0 Å². The summed E-state index contributed by atoms with van der Waals surface area (Å²) in [6.07, 6.45) is 0.457. The topological polar surface area (TPSA) is 63.5 Å². The molecule has 1 heterocycles. The lowest BCUT2D eigenvalue weighted by molar-refractivity contribution is -0.384. The van der Waals surface area contributed by atoms with Crippen molar-refractivity contribution in [1.82, 2.24) is 0 Å². The van der Waals surface area contributed by atoms with Gasteiger partial charge in [-0.2, -0.15) is 0 Å². The average molecular weight is 300 g/mol. The number of nitro benzene ring substituents is 1. The monoisotopic (exact) mass is 300 g/mol. The molecule has 0 radical (unpaired) electrons. The van der Waals surface area contributed by atoms with E-state index in [0.29, 0.717) is 24.2 Å². The highest BCUT2D eigenvalue weighted by molar-refractivity contribution is 5.99. The maximum absolute atomic E-state index is 13.7. The Bertz CT molecular complexity index is 761. The van der Waals surface area contributed by atoms with Crippen LogP contribution in [0.4, 0.5) is 15.8 Å². The third kappa shape index (κ3) is 2.43. The molecule has 0 unspecified atom stereocenters. The second-order valence-electron chi connectivity index (χ2n) is 5.11. The van der Waals surface area contributed by atoms with E-state index in [4.69, 9.17) is 0 Å². The zero-order chi connectivity index (χ0) is 15.7. The van der Waals surface area contributed by atoms with Crippen molar-refractivity contribution in [1.29, 1.82) is 0 Å². The minimum Gasteiger partial charge on any atom is -0.306 e. The van der Waals surface area contributed by atoms with Crippen LogP contribution in [0.3, 0.4) is 0 Å². The van der Waals surface area contributed by atoms with Gasteiger partial charge >= 0.3 is 0 Å². The number of fused-ring (bicyclic) bond motifs is 1. The third-order valence-corrected chi connectivity index (χ3v) is 3.77. The van der Waals surface area contributed by atoms with E-state index in [9.17, 15) is 19.3 Å². The summed E-state index contributed by atoms with van der Waals surface area (Å²) in [4.78, 5) is 24.5. The first-order valence-corrected chi connectivity index (χ1v) is 6.88. The van der Waals surface area contributed by atoms with Crippen molar-refractivity contribution >= 4 is 17.3 Å². The number of para-hydroxylation sites is 1. The molecule has 0 N–H and O–H groups in total. The Kier molecular flexibility index (Phi) is 3.58. The maximum atomic E-state index is 13.7. The van der Waals surface area contributed by atoms with Gasteiger partial charge < -0.3 is 4.90 Å². The molecule has 0 spiro atoms. The Morgan fingerprint density at radius 3 is 2.73 bits per heavy atom. The van der Waals surface area contributed by atoms with Gasteiger partial charge in [0.05, 0.1) is 11.3 Å². The van der Waals surface area contributed by atoms with Crippen LogP contribution in [0, 0.1) is 15.9 Å². The summed E-state index contributed by atoms with van der Waals surface area (Å²) in [5, 5.41) is 11.1. The van der Waals surface area contributed by atoms with Crippen LogP contribution in [-0.4, -0.2) is 17.4 Å². The van der Waals surface area contributed by atoms with Crippen molar-refractivity contribution in [2.45, 2.75) is 12.8 Å². The first-order chi connectivity index (χ1) is 10.6. The van der Waals surface area contributed by atoms with Crippen molar-refractivity contribution in [3.8, 4) is 0 Å². The van der Waals surface area contributed by atoms with Gasteiger partial charge in [0.25, 0.3) is 5.69 Å². The van der Waals surface area contributed by atoms with Crippen LogP contribution < -0.4 is 4.90 Å². The number of hydrogen-bond donors (Lipinski definition) is 0. The molecule has 1 amide bonds. The second kappa shape index (κ2) is 5.55. The van der Waals surface area contributed by atoms with Crippen LogP contribution in [0.2, 0.25) is 0 Å². The number of rotatable bonds is 3. The molecule has 0 saturated heterocycles. The molecule has 22 heavy (non-hydrogen) atoms. The predicted molar refractivity (Wildman–Crippen MR) is 79.3 cm³/mol. The van der Waals surface area contributed by atoms with E-state index in [0.717, 1.165) is 5.56 Å². The number of carbonyl (C=O) groups is 1. The van der Waals surface area contributed by atoms with Crippen molar-refractivity contribution in [3.63, 3.8) is 0 Å². The molecule has 1 aliphatic heterocycles. The fraction of sp³-hybridized carbons (Fsp3) is 0.188. The molecular formula is C16H13FN2O3. The summed E-state index contributed by atoms with van der Waals surface area (Å²) < 4.78 is 13.7. The van der Waals surface area contributed by atoms with Gasteiger partial charge in [-0.05, 0) is 23.6 Å². The maximum Gasteiger partial charge on any atom is 0.293 e. The zero-order valence-corrected chi connectivity index (χ0v) is 11.7. The molecule has 1 aliphatic rings. The standard InChI is InChI=1S/C16H13FN2O3/c17-13-6-2-1-4-12(13)10-15(20)18-9-8-11-5-3-7-14(16(11)18)19(21)22/h1-7H,8-10H2. The smallest absolute Gasteiger partial charge is 0.293 e. The van der Waals surface area contributed by atoms with Crippen LogP contribution in [0.15, 0.2) is 42.5 Å². The lowest BCUT2D eigenvalue weighted by atomic mass is 10.1. The average Bonchev–Trinajstić information content (AvgIpc) is 2.93. The number of carbonyl (C=O) groups excluding carboxylic acids is 1. The predicted octanol–water partition coefficient (Wildman–Crippen LogP) is 2.87. The summed E-state index contributed by atoms with van der Waals surface area (Å²) in [7, 11) is 0. The zero-order valence-electron chi connectivity index (χ0n) is 11.7. The molecule has 0 fully saturated rings. The van der Waals surface area contributed by atoms with E-state index in [2.05, 4.69) is 0 Å². The Hall–Kier alpha value is -2.76. The normalized spacial score (nSPS) is 13.0. The lowest BCUT2D eigenvalue weighted by Crippen LogP contribution is -2.31. The van der Waals surface area contributed by atoms with Crippen molar-refractivity contribution < 1.29 is 14.1 Å². The van der Waals surface area contributed by atoms with Gasteiger partial charge in [0.1, 0.15) is 11.5 Å². The molecule has 2 aromatic rings. The Balaban J connectivity index is 1.92. The summed E-state index contributed by atoms with van der Waals surface area (Å²) >= 11 is 0. The fourth-order valence-electron chi connectivity index (χ4n) is 2.73. The van der Waals surface area contributed by atoms with E-state index >= 15 is 0 Å². The highest BCUT2D eigenvalue weighted by Gasteiger charge is 2.31. The first kappa shape index (κ1) is 14.2. The van der Waals surface area contributed by atoms with Gasteiger partial charge in [-0.15, -0.1) is 0 Å². The Morgan fingerprint density at radius 2 is 2.00 bits per heavy atom. The number of nitrogens with zero attached hydrogens (tertiary/aromatic N) is 2. The van der Waals surface area contributed by atoms with Crippen molar-refractivity contribution in [3.05, 3.63) is 69.5 Å². The van der Waals surface area contributed by atoms with Crippen molar-refractivity contribution in [2.75, 3.05) is 11.4 Å². The molecule has 5 nitrogen and oxygen atoms in total. The number of benzene rings is 2. The van der Waals surface area contributed by atoms with Crippen LogP contribution in [0.25, 0.3) is 0 Å². The van der Waals surface area contributed by atoms with Crippen LogP contribution in [-0.2, 0) is 17.6 Å². The highest BCUT2D eigenvalue weighted by atomic mass is 19.1. The van der Waals surface area contributed by atoms with Crippen LogP contribution in [0.1, 0.15) is 11.1 Å². The molecule has 112 valence electrons. The molecule has 3 rings (SSSR count). The van der Waals surface area contributed by atoms with E-state index in [1.807, 2.05) is 0 Å². The Labute approximate surface area is 126 Å². The summed E-state index contributed by atoms with van der Waals surface area (Å²) in [6, 6.07) is 10.8. The molecular weight excluding hydrogens is 287 g/mol. The molecule has 0 saturated carbocycles. The minimum atomic E-state index is -0.493. The fourth-order valence-corrected chi connectivity index (χ4v) is 2.73. The number of hydrogen-bond acceptors (Lipinski definition) is 3. The van der Waals surface area contributed by atoms with Crippen molar-refractivity contribution in [2.24, 2.45) is 0 Å². The second-order valence-corrected chi connectivity index (χ2v) is 5.11. The number of amides is 1.